The first kappa shape index (κ1) is 15.5. The van der Waals surface area contributed by atoms with Crippen LogP contribution < -0.4 is 5.32 Å². The highest BCUT2D eigenvalue weighted by Gasteiger charge is 2.51. The molecule has 2 aliphatic heterocycles. The number of aryl methyl sites for hydroxylation is 1. The summed E-state index contributed by atoms with van der Waals surface area (Å²) in [5.41, 5.74) is 0.344. The smallest absolute Gasteiger partial charge is 0.324 e. The molecule has 2 aliphatic rings. The zero-order valence-electron chi connectivity index (χ0n) is 13.2. The molecule has 3 rings (SSSR count). The Balaban J connectivity index is 1.54. The van der Waals surface area contributed by atoms with Crippen LogP contribution in [0.25, 0.3) is 0 Å². The van der Waals surface area contributed by atoms with Gasteiger partial charge in [-0.3, -0.25) is 14.5 Å². The number of carbonyl (C=O) groups is 3. The molecule has 1 aromatic rings. The minimum Gasteiger partial charge on any atom is -0.342 e. The van der Waals surface area contributed by atoms with Gasteiger partial charge in [-0.2, -0.15) is 0 Å². The summed E-state index contributed by atoms with van der Waals surface area (Å²) in [6, 6.07) is 9.57. The van der Waals surface area contributed by atoms with Crippen LogP contribution in [0.5, 0.6) is 0 Å². The molecule has 0 atom stereocenters. The fourth-order valence-corrected chi connectivity index (χ4v) is 3.29. The lowest BCUT2D eigenvalue weighted by Gasteiger charge is -2.37. The van der Waals surface area contributed by atoms with Gasteiger partial charge < -0.3 is 10.2 Å². The molecule has 6 nitrogen and oxygen atoms in total. The van der Waals surface area contributed by atoms with E-state index in [1.807, 2.05) is 30.3 Å². The van der Waals surface area contributed by atoms with Crippen LogP contribution in [0.4, 0.5) is 4.79 Å². The second kappa shape index (κ2) is 6.02. The van der Waals surface area contributed by atoms with Crippen molar-refractivity contribution in [2.24, 2.45) is 0 Å². The molecular weight excluding hydrogens is 294 g/mol. The van der Waals surface area contributed by atoms with Gasteiger partial charge in [-0.05, 0) is 24.8 Å². The van der Waals surface area contributed by atoms with E-state index in [4.69, 9.17) is 0 Å². The fourth-order valence-electron chi connectivity index (χ4n) is 3.29. The summed E-state index contributed by atoms with van der Waals surface area (Å²) < 4.78 is 0. The molecular formula is C17H21N3O3. The number of hydrogen-bond donors (Lipinski definition) is 1. The molecule has 2 fully saturated rings. The maximum atomic E-state index is 12.3. The zero-order chi connectivity index (χ0) is 16.4. The van der Waals surface area contributed by atoms with Crippen molar-refractivity contribution in [1.82, 2.24) is 15.1 Å². The predicted octanol–water partition coefficient (Wildman–Crippen LogP) is 1.16. The van der Waals surface area contributed by atoms with Crippen molar-refractivity contribution in [2.45, 2.75) is 31.2 Å². The summed E-state index contributed by atoms with van der Waals surface area (Å²) in [5, 5.41) is 2.79. The lowest BCUT2D eigenvalue weighted by atomic mass is 9.87. The number of benzene rings is 1. The SMILES string of the molecule is CN1C(=O)NC2(CCN(C(=O)CCc3ccccc3)CC2)C1=O. The molecule has 4 amide bonds. The fraction of sp³-hybridized carbons (Fsp3) is 0.471. The van der Waals surface area contributed by atoms with E-state index in [0.29, 0.717) is 32.4 Å². The Labute approximate surface area is 135 Å². The summed E-state index contributed by atoms with van der Waals surface area (Å²) in [4.78, 5) is 39.1. The van der Waals surface area contributed by atoms with Crippen LogP contribution in [0, 0.1) is 0 Å². The van der Waals surface area contributed by atoms with Crippen molar-refractivity contribution < 1.29 is 14.4 Å². The van der Waals surface area contributed by atoms with E-state index >= 15 is 0 Å². The molecule has 0 aliphatic carbocycles. The molecule has 6 heteroatoms. The van der Waals surface area contributed by atoms with E-state index in [9.17, 15) is 14.4 Å². The summed E-state index contributed by atoms with van der Waals surface area (Å²) in [5.74, 6) is -0.0762. The van der Waals surface area contributed by atoms with Gasteiger partial charge in [0.15, 0.2) is 0 Å². The van der Waals surface area contributed by atoms with Crippen LogP contribution in [0.15, 0.2) is 30.3 Å². The van der Waals surface area contributed by atoms with Gasteiger partial charge in [0, 0.05) is 26.6 Å². The maximum absolute atomic E-state index is 12.3. The molecule has 1 spiro atoms. The third-order valence-electron chi connectivity index (χ3n) is 4.80. The molecule has 1 N–H and O–H groups in total. The van der Waals surface area contributed by atoms with Crippen molar-refractivity contribution in [3.8, 4) is 0 Å². The van der Waals surface area contributed by atoms with Crippen molar-refractivity contribution in [3.63, 3.8) is 0 Å². The molecule has 0 bridgehead atoms. The van der Waals surface area contributed by atoms with E-state index in [1.165, 1.54) is 7.05 Å². The van der Waals surface area contributed by atoms with Crippen LogP contribution in [0.1, 0.15) is 24.8 Å². The third-order valence-corrected chi connectivity index (χ3v) is 4.80. The lowest BCUT2D eigenvalue weighted by molar-refractivity contribution is -0.138. The molecule has 0 aromatic heterocycles. The monoisotopic (exact) mass is 315 g/mol. The number of carbonyl (C=O) groups excluding carboxylic acids is 3. The highest BCUT2D eigenvalue weighted by atomic mass is 16.2. The van der Waals surface area contributed by atoms with Crippen LogP contribution in [0.3, 0.4) is 0 Å². The largest absolute Gasteiger partial charge is 0.342 e. The minimum absolute atomic E-state index is 0.105. The average Bonchev–Trinajstić information content (AvgIpc) is 2.78. The van der Waals surface area contributed by atoms with E-state index in [1.54, 1.807) is 4.90 Å². The van der Waals surface area contributed by atoms with Gasteiger partial charge in [-0.25, -0.2) is 4.79 Å². The van der Waals surface area contributed by atoms with Gasteiger partial charge in [-0.15, -0.1) is 0 Å². The normalized spacial score (nSPS) is 20.0. The average molecular weight is 315 g/mol. The van der Waals surface area contributed by atoms with Gasteiger partial charge in [0.1, 0.15) is 5.54 Å². The number of urea groups is 1. The van der Waals surface area contributed by atoms with Crippen LogP contribution in [-0.4, -0.2) is 53.3 Å². The standard InChI is InChI=1S/C17H21N3O3/c1-19-15(22)17(18-16(19)23)9-11-20(12-10-17)14(21)8-7-13-5-3-2-4-6-13/h2-6H,7-12H2,1H3,(H,18,23). The minimum atomic E-state index is -0.804. The number of piperidine rings is 1. The summed E-state index contributed by atoms with van der Waals surface area (Å²) in [6.07, 6.45) is 2.16. The van der Waals surface area contributed by atoms with Crippen molar-refractivity contribution in [2.75, 3.05) is 20.1 Å². The Morgan fingerprint density at radius 2 is 1.83 bits per heavy atom. The van der Waals surface area contributed by atoms with E-state index in [2.05, 4.69) is 5.32 Å². The molecule has 23 heavy (non-hydrogen) atoms. The van der Waals surface area contributed by atoms with Gasteiger partial charge in [0.05, 0.1) is 0 Å². The highest BCUT2D eigenvalue weighted by molar-refractivity contribution is 6.06. The Bertz CT molecular complexity index is 621. The summed E-state index contributed by atoms with van der Waals surface area (Å²) >= 11 is 0. The lowest BCUT2D eigenvalue weighted by Crippen LogP contribution is -2.55. The first-order chi connectivity index (χ1) is 11.0. The Hall–Kier alpha value is -2.37. The second-order valence-electron chi connectivity index (χ2n) is 6.24. The summed E-state index contributed by atoms with van der Waals surface area (Å²) in [6.45, 7) is 1.01. The number of likely N-dealkylation sites (tertiary alicyclic amines) is 1. The Morgan fingerprint density at radius 3 is 2.39 bits per heavy atom. The molecule has 2 heterocycles. The highest BCUT2D eigenvalue weighted by Crippen LogP contribution is 2.29. The number of nitrogens with zero attached hydrogens (tertiary/aromatic N) is 2. The van der Waals surface area contributed by atoms with Gasteiger partial charge >= 0.3 is 6.03 Å². The Morgan fingerprint density at radius 1 is 1.17 bits per heavy atom. The number of imide groups is 1. The van der Waals surface area contributed by atoms with Gasteiger partial charge in [0.2, 0.25) is 5.91 Å². The topological polar surface area (TPSA) is 69.7 Å². The van der Waals surface area contributed by atoms with E-state index < -0.39 is 5.54 Å². The number of amides is 4. The molecule has 0 unspecified atom stereocenters. The predicted molar refractivity (Wildman–Crippen MR) is 84.6 cm³/mol. The first-order valence-electron chi connectivity index (χ1n) is 7.94. The number of hydrogen-bond acceptors (Lipinski definition) is 3. The van der Waals surface area contributed by atoms with Gasteiger partial charge in [-0.1, -0.05) is 30.3 Å². The summed E-state index contributed by atoms with van der Waals surface area (Å²) in [7, 11) is 1.49. The number of rotatable bonds is 3. The molecule has 0 radical (unpaired) electrons. The molecule has 1 aromatic carbocycles. The Kier molecular flexibility index (Phi) is 4.07. The zero-order valence-corrected chi connectivity index (χ0v) is 13.2. The third kappa shape index (κ3) is 2.93. The number of likely N-dealkylation sites (N-methyl/N-ethyl adjacent to an activating group) is 1. The van der Waals surface area contributed by atoms with Crippen molar-refractivity contribution in [3.05, 3.63) is 35.9 Å². The molecule has 0 saturated carbocycles. The maximum Gasteiger partial charge on any atom is 0.324 e. The first-order valence-corrected chi connectivity index (χ1v) is 7.94. The number of nitrogens with one attached hydrogen (secondary N) is 1. The molecule has 2 saturated heterocycles. The van der Waals surface area contributed by atoms with Crippen molar-refractivity contribution >= 4 is 17.8 Å². The van der Waals surface area contributed by atoms with E-state index in [-0.39, 0.29) is 17.8 Å². The quantitative estimate of drug-likeness (QED) is 0.851. The van der Waals surface area contributed by atoms with E-state index in [0.717, 1.165) is 16.9 Å². The van der Waals surface area contributed by atoms with Crippen LogP contribution >= 0.6 is 0 Å². The van der Waals surface area contributed by atoms with Gasteiger partial charge in [0.25, 0.3) is 5.91 Å². The van der Waals surface area contributed by atoms with Crippen LogP contribution in [-0.2, 0) is 16.0 Å². The van der Waals surface area contributed by atoms with Crippen LogP contribution in [0.2, 0.25) is 0 Å². The molecule has 122 valence electrons. The van der Waals surface area contributed by atoms with Crippen molar-refractivity contribution in [1.29, 1.82) is 0 Å². The second-order valence-corrected chi connectivity index (χ2v) is 6.24.